The number of aromatic hydroxyl groups is 2. The molecule has 11 heteroatoms. The molecule has 3 aromatic carbocycles. The van der Waals surface area contributed by atoms with E-state index in [1.54, 1.807) is 39.8 Å². The van der Waals surface area contributed by atoms with E-state index in [0.29, 0.717) is 28.5 Å². The van der Waals surface area contributed by atoms with Gasteiger partial charge in [-0.1, -0.05) is 52.8 Å². The van der Waals surface area contributed by atoms with Crippen molar-refractivity contribution in [3.63, 3.8) is 0 Å². The van der Waals surface area contributed by atoms with E-state index >= 15 is 0 Å². The molecule has 0 spiro atoms. The second-order valence-electron chi connectivity index (χ2n) is 13.2. The maximum Gasteiger partial charge on any atom is 0.201 e. The van der Waals surface area contributed by atoms with Crippen LogP contribution in [0.5, 0.6) is 34.5 Å². The Kier molecular flexibility index (Phi) is 9.79. The maximum absolute atomic E-state index is 12.6. The number of aliphatic hydroxyl groups is 3. The zero-order valence-corrected chi connectivity index (χ0v) is 29.4. The van der Waals surface area contributed by atoms with Crippen molar-refractivity contribution in [1.29, 1.82) is 0 Å². The van der Waals surface area contributed by atoms with Crippen LogP contribution < -0.4 is 18.9 Å². The Morgan fingerprint density at radius 3 is 2.57 bits per heavy atom. The summed E-state index contributed by atoms with van der Waals surface area (Å²) in [6, 6.07) is 8.89. The topological polar surface area (TPSA) is 138 Å². The van der Waals surface area contributed by atoms with Crippen LogP contribution in [-0.4, -0.2) is 76.7 Å². The van der Waals surface area contributed by atoms with Crippen LogP contribution >= 0.6 is 21.6 Å². The number of hydrogen-bond acceptors (Lipinski definition) is 11. The number of phenols is 2. The van der Waals surface area contributed by atoms with Gasteiger partial charge in [0.2, 0.25) is 5.75 Å². The summed E-state index contributed by atoms with van der Waals surface area (Å²) < 4.78 is 24.3. The number of fused-ring (bicyclic) bond motifs is 7. The highest BCUT2D eigenvalue weighted by Crippen LogP contribution is 2.61. The third kappa shape index (κ3) is 5.85. The lowest BCUT2D eigenvalue weighted by Gasteiger charge is -2.44. The van der Waals surface area contributed by atoms with Crippen molar-refractivity contribution in [2.45, 2.75) is 67.8 Å². The fourth-order valence-corrected chi connectivity index (χ4v) is 11.0. The quantitative estimate of drug-likeness (QED) is 0.152. The van der Waals surface area contributed by atoms with Gasteiger partial charge in [0.05, 0.1) is 32.7 Å². The van der Waals surface area contributed by atoms with Crippen molar-refractivity contribution in [3.8, 4) is 57.5 Å². The van der Waals surface area contributed by atoms with Gasteiger partial charge in [-0.05, 0) is 59.6 Å². The number of hydrogen-bond donors (Lipinski definition) is 5. The molecule has 0 saturated heterocycles. The second kappa shape index (κ2) is 14.1. The van der Waals surface area contributed by atoms with Gasteiger partial charge in [0.25, 0.3) is 0 Å². The summed E-state index contributed by atoms with van der Waals surface area (Å²) in [4.78, 5) is 0. The fraction of sp³-hybridized carbons (Fsp3) is 0.474. The van der Waals surface area contributed by atoms with Crippen molar-refractivity contribution in [3.05, 3.63) is 58.1 Å². The fourth-order valence-electron chi connectivity index (χ4n) is 8.15. The molecule has 0 amide bonds. The summed E-state index contributed by atoms with van der Waals surface area (Å²) >= 11 is 0. The largest absolute Gasteiger partial charge is 0.508 e. The lowest BCUT2D eigenvalue weighted by atomic mass is 9.65. The number of benzene rings is 3. The van der Waals surface area contributed by atoms with Gasteiger partial charge in [0, 0.05) is 52.3 Å². The zero-order chi connectivity index (χ0) is 34.4. The van der Waals surface area contributed by atoms with Crippen molar-refractivity contribution in [1.82, 2.24) is 0 Å². The molecule has 7 rings (SSSR count). The molecule has 0 unspecified atom stereocenters. The van der Waals surface area contributed by atoms with Gasteiger partial charge in [-0.15, -0.1) is 0 Å². The Morgan fingerprint density at radius 2 is 1.82 bits per heavy atom. The molecular formula is C38H42O9S2. The average Bonchev–Trinajstić information content (AvgIpc) is 3.13. The minimum absolute atomic E-state index is 0.0377. The molecule has 0 saturated carbocycles. The van der Waals surface area contributed by atoms with Crippen molar-refractivity contribution in [2.24, 2.45) is 5.92 Å². The first kappa shape index (κ1) is 34.1. The van der Waals surface area contributed by atoms with Gasteiger partial charge >= 0.3 is 0 Å². The standard InChI is InChI=1S/C38H42O9S2/c1-19-7-9-21-24-15-20(41)8-10-22(24)31-27(46-13-12-39)17-28-33(32(31)26(21)18-40)34-30(49-48-14-11-19)6-4-5-23-25(38(47-28)36(34)43)16-29(44-2)35(42)37(23)45-3/h8,10,15-17,19,21,26,30,34,36,38-43H,5,7,9,11-14,18H2,1-3H3/t19-,21+,26-,30-,34-,36+,38-/m0/s1. The first-order valence-electron chi connectivity index (χ1n) is 16.8. The monoisotopic (exact) mass is 706 g/mol. The highest BCUT2D eigenvalue weighted by Gasteiger charge is 2.49. The molecule has 0 aromatic heterocycles. The van der Waals surface area contributed by atoms with Gasteiger partial charge < -0.3 is 44.5 Å². The number of aliphatic hydroxyl groups excluding tert-OH is 3. The molecule has 2 aliphatic heterocycles. The van der Waals surface area contributed by atoms with Crippen LogP contribution in [0.15, 0.2) is 30.3 Å². The van der Waals surface area contributed by atoms with E-state index in [-0.39, 0.29) is 66.3 Å². The molecule has 0 fully saturated rings. The van der Waals surface area contributed by atoms with Crippen molar-refractivity contribution < 1.29 is 44.5 Å². The van der Waals surface area contributed by atoms with E-state index in [9.17, 15) is 25.5 Å². The minimum Gasteiger partial charge on any atom is -0.508 e. The summed E-state index contributed by atoms with van der Waals surface area (Å²) in [5.41, 5.74) is 5.45. The Labute approximate surface area is 294 Å². The smallest absolute Gasteiger partial charge is 0.201 e. The molecule has 7 atom stereocenters. The van der Waals surface area contributed by atoms with E-state index in [1.807, 2.05) is 12.1 Å². The summed E-state index contributed by atoms with van der Waals surface area (Å²) in [6.07, 6.45) is 1.04. The van der Waals surface area contributed by atoms with Gasteiger partial charge in [0.1, 0.15) is 30.0 Å². The zero-order valence-electron chi connectivity index (χ0n) is 27.8. The third-order valence-electron chi connectivity index (χ3n) is 10.5. The SMILES string of the molecule is COc1cc2c(c(OC)c1O)CC#C[C@@H]1SSCC[C@@H](C)CC[C@@H]3c4cc(O)ccc4-c4c(OCCO)cc5c(c4[C@H]3CO)[C@H]1[C@@H](O)[C@H]2O5. The van der Waals surface area contributed by atoms with Crippen LogP contribution in [0.1, 0.15) is 77.9 Å². The highest BCUT2D eigenvalue weighted by molar-refractivity contribution is 8.77. The molecule has 4 aliphatic rings. The number of phenolic OH excluding ortho intramolecular Hbond substituents is 2. The van der Waals surface area contributed by atoms with Crippen LogP contribution in [0.3, 0.4) is 0 Å². The Bertz CT molecular complexity index is 1800. The predicted molar refractivity (Wildman–Crippen MR) is 190 cm³/mol. The van der Waals surface area contributed by atoms with Crippen LogP contribution in [-0.2, 0) is 6.42 Å². The van der Waals surface area contributed by atoms with Crippen molar-refractivity contribution in [2.75, 3.05) is 39.8 Å². The number of rotatable bonds is 6. The predicted octanol–water partition coefficient (Wildman–Crippen LogP) is 6.03. The maximum atomic E-state index is 12.6. The van der Waals surface area contributed by atoms with Crippen molar-refractivity contribution >= 4 is 21.6 Å². The molecule has 3 aromatic rings. The molecular weight excluding hydrogens is 665 g/mol. The van der Waals surface area contributed by atoms with Gasteiger partial charge in [0.15, 0.2) is 17.6 Å². The lowest BCUT2D eigenvalue weighted by molar-refractivity contribution is 0.000580. The molecule has 260 valence electrons. The molecule has 2 aliphatic carbocycles. The lowest BCUT2D eigenvalue weighted by Crippen LogP contribution is -2.40. The van der Waals surface area contributed by atoms with Gasteiger partial charge in [-0.25, -0.2) is 0 Å². The molecule has 4 bridgehead atoms. The number of methoxy groups -OCH3 is 2. The first-order valence-corrected chi connectivity index (χ1v) is 19.2. The molecule has 9 nitrogen and oxygen atoms in total. The molecule has 2 heterocycles. The number of ether oxygens (including phenoxy) is 4. The summed E-state index contributed by atoms with van der Waals surface area (Å²) in [6.45, 7) is 1.93. The van der Waals surface area contributed by atoms with Gasteiger partial charge in [-0.3, -0.25) is 0 Å². The summed E-state index contributed by atoms with van der Waals surface area (Å²) in [5, 5.41) is 55.1. The Balaban J connectivity index is 1.55. The second-order valence-corrected chi connectivity index (χ2v) is 15.8. The Morgan fingerprint density at radius 1 is 0.980 bits per heavy atom. The minimum atomic E-state index is -1.08. The molecule has 0 radical (unpaired) electrons. The molecule has 49 heavy (non-hydrogen) atoms. The van der Waals surface area contributed by atoms with E-state index < -0.39 is 18.1 Å². The van der Waals surface area contributed by atoms with Crippen LogP contribution in [0.4, 0.5) is 0 Å². The Hall–Kier alpha value is -3.40. The van der Waals surface area contributed by atoms with Crippen LogP contribution in [0.2, 0.25) is 0 Å². The summed E-state index contributed by atoms with van der Waals surface area (Å²) in [5.74, 6) is 8.58. The summed E-state index contributed by atoms with van der Waals surface area (Å²) in [7, 11) is 6.36. The van der Waals surface area contributed by atoms with E-state index in [2.05, 4.69) is 18.8 Å². The van der Waals surface area contributed by atoms with E-state index in [4.69, 9.17) is 18.9 Å². The van der Waals surface area contributed by atoms with Gasteiger partial charge in [-0.2, -0.15) is 0 Å². The van der Waals surface area contributed by atoms with Crippen LogP contribution in [0.25, 0.3) is 11.1 Å². The van der Waals surface area contributed by atoms with E-state index in [0.717, 1.165) is 52.8 Å². The normalized spacial score (nSPS) is 26.8. The molecule has 5 N–H and O–H groups in total. The average molecular weight is 707 g/mol. The van der Waals surface area contributed by atoms with Crippen LogP contribution in [0, 0.1) is 17.8 Å². The van der Waals surface area contributed by atoms with E-state index in [1.165, 1.54) is 14.2 Å². The first-order chi connectivity index (χ1) is 23.8. The third-order valence-corrected chi connectivity index (χ3v) is 13.2. The highest BCUT2D eigenvalue weighted by atomic mass is 33.1.